The summed E-state index contributed by atoms with van der Waals surface area (Å²) >= 11 is 0. The summed E-state index contributed by atoms with van der Waals surface area (Å²) in [4.78, 5) is 18.7. The number of methoxy groups -OCH3 is 1. The number of aromatic nitrogens is 2. The van der Waals surface area contributed by atoms with Crippen molar-refractivity contribution in [1.29, 1.82) is 0 Å². The Labute approximate surface area is 120 Å². The predicted molar refractivity (Wildman–Crippen MR) is 76.0 cm³/mol. The number of nitrogens with one attached hydrogen (secondary N) is 1. The van der Waals surface area contributed by atoms with Crippen molar-refractivity contribution in [3.8, 4) is 17.4 Å². The van der Waals surface area contributed by atoms with Crippen molar-refractivity contribution in [1.82, 2.24) is 9.97 Å². The van der Waals surface area contributed by atoms with E-state index in [1.807, 2.05) is 0 Å². The molecule has 0 unspecified atom stereocenters. The van der Waals surface area contributed by atoms with Crippen molar-refractivity contribution in [3.63, 3.8) is 0 Å². The van der Waals surface area contributed by atoms with E-state index in [-0.39, 0.29) is 17.3 Å². The van der Waals surface area contributed by atoms with Gasteiger partial charge >= 0.3 is 5.69 Å². The molecule has 8 heteroatoms. The van der Waals surface area contributed by atoms with Crippen molar-refractivity contribution in [2.45, 2.75) is 6.92 Å². The molecule has 1 aromatic carbocycles. The quantitative estimate of drug-likeness (QED) is 0.667. The maximum absolute atomic E-state index is 11.0. The van der Waals surface area contributed by atoms with Gasteiger partial charge in [0.25, 0.3) is 0 Å². The first kappa shape index (κ1) is 14.5. The monoisotopic (exact) mass is 290 g/mol. The van der Waals surface area contributed by atoms with E-state index in [0.29, 0.717) is 17.4 Å². The molecule has 0 aliphatic heterocycles. The maximum atomic E-state index is 11.0. The second-order valence-corrected chi connectivity index (χ2v) is 4.11. The van der Waals surface area contributed by atoms with Crippen LogP contribution in [-0.4, -0.2) is 29.0 Å². The first-order chi connectivity index (χ1) is 10.0. The lowest BCUT2D eigenvalue weighted by Gasteiger charge is -2.09. The fraction of sp³-hybridized carbons (Fsp3) is 0.231. The standard InChI is InChI=1S/C13H14N4O4/c1-8-6-12(16-13(14-2)15-8)21-11-7-9(20-3)4-5-10(11)17(18)19/h4-7H,1-3H3,(H,14,15,16). The lowest BCUT2D eigenvalue weighted by molar-refractivity contribution is -0.385. The molecule has 21 heavy (non-hydrogen) atoms. The second-order valence-electron chi connectivity index (χ2n) is 4.11. The summed E-state index contributed by atoms with van der Waals surface area (Å²) < 4.78 is 10.6. The number of hydrogen-bond donors (Lipinski definition) is 1. The number of hydrogen-bond acceptors (Lipinski definition) is 7. The number of rotatable bonds is 5. The van der Waals surface area contributed by atoms with Gasteiger partial charge in [-0.15, -0.1) is 0 Å². The Bertz CT molecular complexity index is 675. The average molecular weight is 290 g/mol. The molecule has 0 aliphatic carbocycles. The summed E-state index contributed by atoms with van der Waals surface area (Å²) in [5.74, 6) is 1.09. The summed E-state index contributed by atoms with van der Waals surface area (Å²) in [6.07, 6.45) is 0. The van der Waals surface area contributed by atoms with Gasteiger partial charge in [0.2, 0.25) is 17.6 Å². The van der Waals surface area contributed by atoms with Crippen molar-refractivity contribution < 1.29 is 14.4 Å². The molecule has 0 fully saturated rings. The number of ether oxygens (including phenoxy) is 2. The van der Waals surface area contributed by atoms with Gasteiger partial charge in [-0.05, 0) is 13.0 Å². The Hall–Kier alpha value is -2.90. The highest BCUT2D eigenvalue weighted by Gasteiger charge is 2.18. The molecule has 0 amide bonds. The van der Waals surface area contributed by atoms with Gasteiger partial charge in [0.05, 0.1) is 12.0 Å². The summed E-state index contributed by atoms with van der Waals surface area (Å²) in [5, 5.41) is 13.8. The van der Waals surface area contributed by atoms with Crippen LogP contribution in [0.25, 0.3) is 0 Å². The van der Waals surface area contributed by atoms with Gasteiger partial charge in [0.1, 0.15) is 5.75 Å². The van der Waals surface area contributed by atoms with Gasteiger partial charge in [-0.3, -0.25) is 10.1 Å². The molecule has 1 aromatic heterocycles. The van der Waals surface area contributed by atoms with Crippen molar-refractivity contribution in [2.24, 2.45) is 0 Å². The molecule has 0 bridgehead atoms. The van der Waals surface area contributed by atoms with Gasteiger partial charge in [0, 0.05) is 30.9 Å². The lowest BCUT2D eigenvalue weighted by atomic mass is 10.3. The smallest absolute Gasteiger partial charge is 0.311 e. The average Bonchev–Trinajstić information content (AvgIpc) is 2.46. The van der Waals surface area contributed by atoms with Crippen LogP contribution in [0, 0.1) is 17.0 Å². The molecular formula is C13H14N4O4. The Kier molecular flexibility index (Phi) is 4.17. The Morgan fingerprint density at radius 2 is 2.05 bits per heavy atom. The van der Waals surface area contributed by atoms with E-state index in [1.165, 1.54) is 25.3 Å². The number of aryl methyl sites for hydroxylation is 1. The zero-order chi connectivity index (χ0) is 15.4. The van der Waals surface area contributed by atoms with Crippen molar-refractivity contribution >= 4 is 11.6 Å². The van der Waals surface area contributed by atoms with Gasteiger partial charge in [0.15, 0.2) is 0 Å². The molecule has 0 atom stereocenters. The number of anilines is 1. The minimum Gasteiger partial charge on any atom is -0.497 e. The van der Waals surface area contributed by atoms with E-state index in [2.05, 4.69) is 15.3 Å². The molecule has 0 aliphatic rings. The zero-order valence-corrected chi connectivity index (χ0v) is 11.8. The first-order valence-corrected chi connectivity index (χ1v) is 6.07. The molecule has 0 saturated heterocycles. The van der Waals surface area contributed by atoms with Crippen LogP contribution >= 0.6 is 0 Å². The molecular weight excluding hydrogens is 276 g/mol. The van der Waals surface area contributed by atoms with E-state index >= 15 is 0 Å². The number of nitro groups is 1. The molecule has 8 nitrogen and oxygen atoms in total. The molecule has 1 N–H and O–H groups in total. The summed E-state index contributed by atoms with van der Waals surface area (Å²) in [6, 6.07) is 5.84. The third-order valence-electron chi connectivity index (χ3n) is 2.63. The lowest BCUT2D eigenvalue weighted by Crippen LogP contribution is -2.01. The van der Waals surface area contributed by atoms with Gasteiger partial charge in [-0.1, -0.05) is 0 Å². The number of nitrogens with zero attached hydrogens (tertiary/aromatic N) is 3. The maximum Gasteiger partial charge on any atom is 0.311 e. The van der Waals surface area contributed by atoms with E-state index in [1.54, 1.807) is 20.0 Å². The fourth-order valence-corrected chi connectivity index (χ4v) is 1.67. The Morgan fingerprint density at radius 1 is 1.29 bits per heavy atom. The summed E-state index contributed by atoms with van der Waals surface area (Å²) in [6.45, 7) is 1.77. The molecule has 1 heterocycles. The van der Waals surface area contributed by atoms with Crippen LogP contribution < -0.4 is 14.8 Å². The normalized spacial score (nSPS) is 10.0. The van der Waals surface area contributed by atoms with Crippen LogP contribution in [0.4, 0.5) is 11.6 Å². The minimum atomic E-state index is -0.526. The van der Waals surface area contributed by atoms with Crippen LogP contribution in [0.1, 0.15) is 5.69 Å². The largest absolute Gasteiger partial charge is 0.497 e. The van der Waals surface area contributed by atoms with Crippen LogP contribution in [0.15, 0.2) is 24.3 Å². The van der Waals surface area contributed by atoms with Gasteiger partial charge in [-0.25, -0.2) is 4.98 Å². The zero-order valence-electron chi connectivity index (χ0n) is 11.8. The molecule has 0 saturated carbocycles. The summed E-state index contributed by atoms with van der Waals surface area (Å²) in [7, 11) is 3.14. The van der Waals surface area contributed by atoms with Crippen LogP contribution in [0.5, 0.6) is 17.4 Å². The van der Waals surface area contributed by atoms with Crippen molar-refractivity contribution in [3.05, 3.63) is 40.1 Å². The predicted octanol–water partition coefficient (Wildman–Crippen LogP) is 2.54. The fourth-order valence-electron chi connectivity index (χ4n) is 1.67. The first-order valence-electron chi connectivity index (χ1n) is 6.07. The SMILES string of the molecule is CNc1nc(C)cc(Oc2cc(OC)ccc2[N+](=O)[O-])n1. The van der Waals surface area contributed by atoms with E-state index < -0.39 is 4.92 Å². The van der Waals surface area contributed by atoms with Gasteiger partial charge in [-0.2, -0.15) is 4.98 Å². The second kappa shape index (κ2) is 6.04. The van der Waals surface area contributed by atoms with Crippen LogP contribution in [0.2, 0.25) is 0 Å². The number of nitro benzene ring substituents is 1. The molecule has 2 rings (SSSR count). The highest BCUT2D eigenvalue weighted by molar-refractivity contribution is 5.52. The van der Waals surface area contributed by atoms with Crippen LogP contribution in [0.3, 0.4) is 0 Å². The molecule has 2 aromatic rings. The molecule has 110 valence electrons. The van der Waals surface area contributed by atoms with E-state index in [9.17, 15) is 10.1 Å². The number of benzene rings is 1. The van der Waals surface area contributed by atoms with Crippen LogP contribution in [-0.2, 0) is 0 Å². The minimum absolute atomic E-state index is 0.0551. The highest BCUT2D eigenvalue weighted by Crippen LogP contribution is 2.34. The topological polar surface area (TPSA) is 99.4 Å². The summed E-state index contributed by atoms with van der Waals surface area (Å²) in [5.41, 5.74) is 0.507. The van der Waals surface area contributed by atoms with E-state index in [0.717, 1.165) is 0 Å². The highest BCUT2D eigenvalue weighted by atomic mass is 16.6. The third kappa shape index (κ3) is 3.35. The Balaban J connectivity index is 2.42. The Morgan fingerprint density at radius 3 is 2.67 bits per heavy atom. The van der Waals surface area contributed by atoms with E-state index in [4.69, 9.17) is 9.47 Å². The molecule has 0 spiro atoms. The molecule has 0 radical (unpaired) electrons. The van der Waals surface area contributed by atoms with Gasteiger partial charge < -0.3 is 14.8 Å². The van der Waals surface area contributed by atoms with Crippen molar-refractivity contribution in [2.75, 3.05) is 19.5 Å². The third-order valence-corrected chi connectivity index (χ3v) is 2.63.